The molecule has 2 aliphatic rings. The van der Waals surface area contributed by atoms with Crippen LogP contribution in [0.25, 0.3) is 0 Å². The smallest absolute Gasteiger partial charge is 0.256 e. The van der Waals surface area contributed by atoms with Crippen LogP contribution in [0.3, 0.4) is 0 Å². The lowest BCUT2D eigenvalue weighted by molar-refractivity contribution is -0.137. The number of halogens is 2. The second-order valence-electron chi connectivity index (χ2n) is 7.79. The number of carbonyl (C=O) groups excluding carboxylic acids is 2. The van der Waals surface area contributed by atoms with E-state index < -0.39 is 17.5 Å². The topological polar surface area (TPSA) is 40.6 Å². The number of carbonyl (C=O) groups is 2. The van der Waals surface area contributed by atoms with E-state index in [-0.39, 0.29) is 23.4 Å². The summed E-state index contributed by atoms with van der Waals surface area (Å²) in [5.41, 5.74) is 1.04. The average molecular weight is 398 g/mol. The number of nitrogens with zero attached hydrogens (tertiary/aromatic N) is 2. The first-order valence-electron chi connectivity index (χ1n) is 10.1. The third-order valence-corrected chi connectivity index (χ3v) is 6.01. The van der Waals surface area contributed by atoms with Gasteiger partial charge in [-0.05, 0) is 43.4 Å². The molecular formula is C23H24F2N2O2. The first-order chi connectivity index (χ1) is 14.0. The van der Waals surface area contributed by atoms with Gasteiger partial charge in [-0.15, -0.1) is 0 Å². The molecule has 1 unspecified atom stereocenters. The van der Waals surface area contributed by atoms with E-state index in [0.29, 0.717) is 25.9 Å². The maximum Gasteiger partial charge on any atom is 0.256 e. The van der Waals surface area contributed by atoms with Crippen LogP contribution < -0.4 is 0 Å². The summed E-state index contributed by atoms with van der Waals surface area (Å²) in [7, 11) is 0. The highest BCUT2D eigenvalue weighted by Crippen LogP contribution is 2.34. The fourth-order valence-electron chi connectivity index (χ4n) is 4.45. The van der Waals surface area contributed by atoms with E-state index in [0.717, 1.165) is 37.1 Å². The van der Waals surface area contributed by atoms with Crippen LogP contribution >= 0.6 is 0 Å². The molecule has 2 amide bonds. The maximum absolute atomic E-state index is 13.9. The van der Waals surface area contributed by atoms with Crippen molar-refractivity contribution in [2.24, 2.45) is 5.92 Å². The lowest BCUT2D eigenvalue weighted by atomic mass is 9.93. The zero-order valence-corrected chi connectivity index (χ0v) is 16.2. The van der Waals surface area contributed by atoms with Crippen LogP contribution in [0.4, 0.5) is 8.78 Å². The molecule has 2 fully saturated rings. The minimum absolute atomic E-state index is 0.122. The van der Waals surface area contributed by atoms with Crippen molar-refractivity contribution in [3.8, 4) is 0 Å². The molecule has 4 rings (SSSR count). The van der Waals surface area contributed by atoms with Crippen molar-refractivity contribution in [3.63, 3.8) is 0 Å². The highest BCUT2D eigenvalue weighted by Gasteiger charge is 2.36. The molecule has 1 atom stereocenters. The SMILES string of the molecule is O=C(c1ccc(F)cc1F)N1CCC(C(=O)N2CCCC2c2ccccc2)CC1. The van der Waals surface area contributed by atoms with E-state index in [9.17, 15) is 18.4 Å². The van der Waals surface area contributed by atoms with E-state index in [4.69, 9.17) is 0 Å². The molecule has 2 aromatic carbocycles. The Labute approximate surface area is 169 Å². The Hall–Kier alpha value is -2.76. The van der Waals surface area contributed by atoms with E-state index >= 15 is 0 Å². The summed E-state index contributed by atoms with van der Waals surface area (Å²) in [6.45, 7) is 1.56. The van der Waals surface area contributed by atoms with Crippen molar-refractivity contribution in [1.82, 2.24) is 9.80 Å². The molecule has 0 radical (unpaired) electrons. The third-order valence-electron chi connectivity index (χ3n) is 6.01. The number of piperidine rings is 1. The molecule has 4 nitrogen and oxygen atoms in total. The van der Waals surface area contributed by atoms with Crippen molar-refractivity contribution >= 4 is 11.8 Å². The summed E-state index contributed by atoms with van der Waals surface area (Å²) >= 11 is 0. The van der Waals surface area contributed by atoms with E-state index in [1.54, 1.807) is 4.90 Å². The Balaban J connectivity index is 1.39. The van der Waals surface area contributed by atoms with Crippen molar-refractivity contribution in [2.45, 2.75) is 31.7 Å². The van der Waals surface area contributed by atoms with Crippen LogP contribution in [0.5, 0.6) is 0 Å². The van der Waals surface area contributed by atoms with Crippen LogP contribution in [-0.4, -0.2) is 41.2 Å². The van der Waals surface area contributed by atoms with E-state index in [1.165, 1.54) is 6.07 Å². The third kappa shape index (κ3) is 4.02. The monoisotopic (exact) mass is 398 g/mol. The molecule has 29 heavy (non-hydrogen) atoms. The minimum atomic E-state index is -0.851. The number of amides is 2. The summed E-state index contributed by atoms with van der Waals surface area (Å²) in [6.07, 6.45) is 3.08. The Kier molecular flexibility index (Phi) is 5.60. The van der Waals surface area contributed by atoms with Gasteiger partial charge in [0.2, 0.25) is 5.91 Å². The number of rotatable bonds is 3. The molecule has 152 valence electrons. The summed E-state index contributed by atoms with van der Waals surface area (Å²) in [5, 5.41) is 0. The molecule has 0 bridgehead atoms. The fourth-order valence-corrected chi connectivity index (χ4v) is 4.45. The standard InChI is InChI=1S/C23H24F2N2O2/c24-18-8-9-19(20(25)15-18)23(29)26-13-10-17(11-14-26)22(28)27-12-4-7-21(27)16-5-2-1-3-6-16/h1-3,5-6,8-9,15,17,21H,4,7,10-14H2. The van der Waals surface area contributed by atoms with Crippen LogP contribution in [0, 0.1) is 17.6 Å². The van der Waals surface area contributed by atoms with E-state index in [2.05, 4.69) is 12.1 Å². The number of benzene rings is 2. The van der Waals surface area contributed by atoms with Crippen LogP contribution in [-0.2, 0) is 4.79 Å². The van der Waals surface area contributed by atoms with Gasteiger partial charge in [0.05, 0.1) is 11.6 Å². The Morgan fingerprint density at radius 1 is 0.897 bits per heavy atom. The zero-order chi connectivity index (χ0) is 20.4. The summed E-state index contributed by atoms with van der Waals surface area (Å²) in [4.78, 5) is 29.3. The molecule has 0 aliphatic carbocycles. The fraction of sp³-hybridized carbons (Fsp3) is 0.391. The van der Waals surface area contributed by atoms with Gasteiger partial charge in [-0.1, -0.05) is 30.3 Å². The van der Waals surface area contributed by atoms with Gasteiger partial charge in [-0.3, -0.25) is 9.59 Å². The van der Waals surface area contributed by atoms with Gasteiger partial charge < -0.3 is 9.80 Å². The lowest BCUT2D eigenvalue weighted by Gasteiger charge is -2.35. The van der Waals surface area contributed by atoms with Gasteiger partial charge in [-0.2, -0.15) is 0 Å². The highest BCUT2D eigenvalue weighted by atomic mass is 19.1. The van der Waals surface area contributed by atoms with Gasteiger partial charge >= 0.3 is 0 Å². The second kappa shape index (κ2) is 8.31. The maximum atomic E-state index is 13.9. The van der Waals surface area contributed by atoms with Crippen LogP contribution in [0.1, 0.15) is 47.6 Å². The largest absolute Gasteiger partial charge is 0.339 e. The predicted molar refractivity (Wildman–Crippen MR) is 105 cm³/mol. The number of hydrogen-bond acceptors (Lipinski definition) is 2. The average Bonchev–Trinajstić information content (AvgIpc) is 3.23. The predicted octanol–water partition coefficient (Wildman–Crippen LogP) is 4.18. The summed E-state index contributed by atoms with van der Waals surface area (Å²) in [5.74, 6) is -1.98. The normalized spacial score (nSPS) is 20.1. The molecular weight excluding hydrogens is 374 g/mol. The zero-order valence-electron chi connectivity index (χ0n) is 16.2. The molecule has 2 aromatic rings. The molecule has 0 N–H and O–H groups in total. The van der Waals surface area contributed by atoms with Crippen LogP contribution in [0.15, 0.2) is 48.5 Å². The first kappa shape index (κ1) is 19.6. The van der Waals surface area contributed by atoms with Gasteiger partial charge in [0.25, 0.3) is 5.91 Å². The van der Waals surface area contributed by atoms with Crippen molar-refractivity contribution in [3.05, 3.63) is 71.3 Å². The molecule has 2 aliphatic heterocycles. The van der Waals surface area contributed by atoms with Crippen molar-refractivity contribution < 1.29 is 18.4 Å². The van der Waals surface area contributed by atoms with Gasteiger partial charge in [0.1, 0.15) is 11.6 Å². The first-order valence-corrected chi connectivity index (χ1v) is 10.1. The highest BCUT2D eigenvalue weighted by molar-refractivity contribution is 5.94. The molecule has 6 heteroatoms. The Morgan fingerprint density at radius 2 is 1.62 bits per heavy atom. The molecule has 0 spiro atoms. The second-order valence-corrected chi connectivity index (χ2v) is 7.79. The minimum Gasteiger partial charge on any atom is -0.339 e. The summed E-state index contributed by atoms with van der Waals surface area (Å²) in [6, 6.07) is 13.2. The Bertz CT molecular complexity index is 895. The quantitative estimate of drug-likeness (QED) is 0.778. The molecule has 0 saturated carbocycles. The molecule has 2 heterocycles. The number of likely N-dealkylation sites (tertiary alicyclic amines) is 2. The molecule has 2 saturated heterocycles. The van der Waals surface area contributed by atoms with Crippen molar-refractivity contribution in [2.75, 3.05) is 19.6 Å². The van der Waals surface area contributed by atoms with Gasteiger partial charge in [0.15, 0.2) is 0 Å². The number of hydrogen-bond donors (Lipinski definition) is 0. The van der Waals surface area contributed by atoms with Crippen LogP contribution in [0.2, 0.25) is 0 Å². The van der Waals surface area contributed by atoms with Gasteiger partial charge in [0, 0.05) is 31.6 Å². The van der Waals surface area contributed by atoms with Gasteiger partial charge in [-0.25, -0.2) is 8.78 Å². The van der Waals surface area contributed by atoms with E-state index in [1.807, 2.05) is 23.1 Å². The Morgan fingerprint density at radius 3 is 2.31 bits per heavy atom. The van der Waals surface area contributed by atoms with Crippen molar-refractivity contribution in [1.29, 1.82) is 0 Å². The summed E-state index contributed by atoms with van der Waals surface area (Å²) < 4.78 is 27.0. The lowest BCUT2D eigenvalue weighted by Crippen LogP contribution is -2.44. The molecule has 0 aromatic heterocycles.